The molecule has 4 rings (SSSR count). The van der Waals surface area contributed by atoms with E-state index >= 15 is 0 Å². The van der Waals surface area contributed by atoms with E-state index in [-0.39, 0.29) is 0 Å². The van der Waals surface area contributed by atoms with E-state index in [0.717, 1.165) is 11.1 Å². The molecule has 0 saturated carbocycles. The molecule has 0 atom stereocenters. The second kappa shape index (κ2) is 12.5. The number of rotatable bonds is 12. The van der Waals surface area contributed by atoms with Gasteiger partial charge in [0.1, 0.15) is 0 Å². The van der Waals surface area contributed by atoms with E-state index in [1.165, 1.54) is 15.6 Å². The Labute approximate surface area is 245 Å². The first-order chi connectivity index (χ1) is 18.9. The van der Waals surface area contributed by atoms with E-state index in [1.54, 1.807) is 0 Å². The van der Waals surface area contributed by atoms with Crippen LogP contribution in [-0.2, 0) is 18.4 Å². The topological polar surface area (TPSA) is 27.7 Å². The second-order valence-electron chi connectivity index (χ2n) is 11.7. The van der Waals surface area contributed by atoms with Crippen molar-refractivity contribution in [1.29, 1.82) is 0 Å². The van der Waals surface area contributed by atoms with Gasteiger partial charge in [-0.2, -0.15) is 0 Å². The molecule has 0 unspecified atom stereocenters. The third-order valence-corrected chi connectivity index (χ3v) is 23.1. The lowest BCUT2D eigenvalue weighted by molar-refractivity contribution is 0.255. The summed E-state index contributed by atoms with van der Waals surface area (Å²) < 4.78 is 22.4. The molecule has 0 aromatic heterocycles. The lowest BCUT2D eigenvalue weighted by Gasteiger charge is -2.45. The smallest absolute Gasteiger partial charge is 0.412 e. The van der Waals surface area contributed by atoms with Crippen molar-refractivity contribution in [1.82, 2.24) is 0 Å². The molecule has 0 aliphatic carbocycles. The highest BCUT2D eigenvalue weighted by Crippen LogP contribution is 2.29. The Balaban J connectivity index is 1.88. The summed E-state index contributed by atoms with van der Waals surface area (Å²) in [6.07, 6.45) is 1.89. The first-order valence-electron chi connectivity index (χ1n) is 13.9. The highest BCUT2D eigenvalue weighted by atomic mass is 28.5. The zero-order valence-corrected chi connectivity index (χ0v) is 28.7. The number of hydrogen-bond donors (Lipinski definition) is 0. The van der Waals surface area contributed by atoms with Crippen LogP contribution in [0.1, 0.15) is 11.1 Å². The molecule has 0 heterocycles. The van der Waals surface area contributed by atoms with Crippen LogP contribution in [0.2, 0.25) is 39.3 Å². The molecule has 0 aliphatic heterocycles. The van der Waals surface area contributed by atoms with Crippen LogP contribution in [0.15, 0.2) is 122 Å². The molecular formula is C33H42O3Si4. The Morgan fingerprint density at radius 3 is 1.25 bits per heavy atom. The molecule has 0 bridgehead atoms. The van der Waals surface area contributed by atoms with Gasteiger partial charge in [0.2, 0.25) is 25.0 Å². The Morgan fingerprint density at radius 1 is 0.525 bits per heavy atom. The van der Waals surface area contributed by atoms with Crippen molar-refractivity contribution in [2.24, 2.45) is 0 Å². The molecule has 3 nitrogen and oxygen atoms in total. The average molecular weight is 599 g/mol. The van der Waals surface area contributed by atoms with Gasteiger partial charge in [0, 0.05) is 6.04 Å². The van der Waals surface area contributed by atoms with Gasteiger partial charge in [-0.3, -0.25) is 0 Å². The van der Waals surface area contributed by atoms with E-state index in [2.05, 4.69) is 161 Å². The number of benzene rings is 4. The van der Waals surface area contributed by atoms with Crippen molar-refractivity contribution < 1.29 is 12.3 Å². The van der Waals surface area contributed by atoms with Crippen LogP contribution >= 0.6 is 0 Å². The molecule has 4 aromatic carbocycles. The van der Waals surface area contributed by atoms with Gasteiger partial charge in [0.05, 0.1) is 0 Å². The van der Waals surface area contributed by atoms with E-state index in [0.29, 0.717) is 6.04 Å². The van der Waals surface area contributed by atoms with Crippen molar-refractivity contribution in [3.63, 3.8) is 0 Å². The van der Waals surface area contributed by atoms with Crippen LogP contribution in [0.3, 0.4) is 0 Å². The molecule has 0 aliphatic rings. The molecule has 0 spiro atoms. The van der Waals surface area contributed by atoms with E-state index in [4.69, 9.17) is 12.3 Å². The lowest BCUT2D eigenvalue weighted by atomic mass is 10.1. The second-order valence-corrected chi connectivity index (χ2v) is 26.7. The van der Waals surface area contributed by atoms with Gasteiger partial charge in [-0.1, -0.05) is 128 Å². The monoisotopic (exact) mass is 598 g/mol. The fourth-order valence-electron chi connectivity index (χ4n) is 5.11. The largest absolute Gasteiger partial charge is 0.474 e. The van der Waals surface area contributed by atoms with Gasteiger partial charge in [-0.05, 0) is 66.0 Å². The summed E-state index contributed by atoms with van der Waals surface area (Å²) in [5, 5.41) is 3.70. The van der Waals surface area contributed by atoms with Crippen LogP contribution in [0.25, 0.3) is 6.08 Å². The third-order valence-electron chi connectivity index (χ3n) is 7.25. The molecule has 0 amide bonds. The highest BCUT2D eigenvalue weighted by Gasteiger charge is 2.54. The summed E-state index contributed by atoms with van der Waals surface area (Å²) in [6, 6.07) is 41.0. The SMILES string of the molecule is C=Cc1cccc(C[Si](O[Si](C)(C)c2ccccc2)(O[Si](C)(C)c2ccccc2)O[Si](C)(C)c2ccccc2)c1. The average Bonchev–Trinajstić information content (AvgIpc) is 2.93. The molecule has 4 aromatic rings. The van der Waals surface area contributed by atoms with Crippen molar-refractivity contribution in [2.75, 3.05) is 0 Å². The first kappa shape index (κ1) is 30.3. The van der Waals surface area contributed by atoms with Crippen molar-refractivity contribution in [3.05, 3.63) is 133 Å². The Kier molecular flexibility index (Phi) is 9.46. The van der Waals surface area contributed by atoms with Gasteiger partial charge in [0.25, 0.3) is 0 Å². The Bertz CT molecular complexity index is 1260. The van der Waals surface area contributed by atoms with Gasteiger partial charge < -0.3 is 12.3 Å². The summed E-state index contributed by atoms with van der Waals surface area (Å²) >= 11 is 0. The Hall–Kier alpha value is -2.63. The van der Waals surface area contributed by atoms with Crippen LogP contribution < -0.4 is 15.6 Å². The summed E-state index contributed by atoms with van der Waals surface area (Å²) in [7, 11) is -10.7. The van der Waals surface area contributed by atoms with E-state index in [9.17, 15) is 0 Å². The first-order valence-corrected chi connectivity index (χ1v) is 24.6. The minimum absolute atomic E-state index is 0.602. The van der Waals surface area contributed by atoms with Crippen molar-refractivity contribution in [3.8, 4) is 0 Å². The minimum Gasteiger partial charge on any atom is -0.412 e. The standard InChI is InChI=1S/C33H42O3Si4/c1-8-29-19-18-20-30(27-29)28-40(34-37(2,3)31-21-12-9-13-22-31,35-38(4,5)32-23-14-10-15-24-32)36-39(6,7)33-25-16-11-17-26-33/h8-27H,1,28H2,2-7H3. The predicted molar refractivity (Wildman–Crippen MR) is 180 cm³/mol. The summed E-state index contributed by atoms with van der Waals surface area (Å²) in [5.41, 5.74) is 2.23. The zero-order valence-electron chi connectivity index (χ0n) is 24.7. The minimum atomic E-state index is -3.38. The third kappa shape index (κ3) is 7.55. The fourth-order valence-corrected chi connectivity index (χ4v) is 22.1. The molecule has 7 heteroatoms. The summed E-state index contributed by atoms with van der Waals surface area (Å²) in [5.74, 6) is 0. The molecule has 0 fully saturated rings. The maximum Gasteiger partial charge on any atom is 0.474 e. The van der Waals surface area contributed by atoms with E-state index in [1.807, 2.05) is 6.08 Å². The van der Waals surface area contributed by atoms with Crippen molar-refractivity contribution >= 4 is 55.4 Å². The summed E-state index contributed by atoms with van der Waals surface area (Å²) in [4.78, 5) is 0. The molecule has 0 saturated heterocycles. The van der Waals surface area contributed by atoms with Gasteiger partial charge in [0.15, 0.2) is 0 Å². The predicted octanol–water partition coefficient (Wildman–Crippen LogP) is 6.74. The molecule has 208 valence electrons. The molecule has 0 N–H and O–H groups in total. The summed E-state index contributed by atoms with van der Waals surface area (Å²) in [6.45, 7) is 17.6. The van der Waals surface area contributed by atoms with Crippen LogP contribution in [0.4, 0.5) is 0 Å². The highest BCUT2D eigenvalue weighted by molar-refractivity contribution is 6.98. The van der Waals surface area contributed by atoms with Gasteiger partial charge in [-0.25, -0.2) is 0 Å². The van der Waals surface area contributed by atoms with E-state index < -0.39 is 33.8 Å². The molecular weight excluding hydrogens is 557 g/mol. The normalized spacial score (nSPS) is 12.8. The van der Waals surface area contributed by atoms with Gasteiger partial charge in [-0.15, -0.1) is 0 Å². The molecule has 0 radical (unpaired) electrons. The number of hydrogen-bond acceptors (Lipinski definition) is 3. The maximum absolute atomic E-state index is 7.48. The van der Waals surface area contributed by atoms with Crippen molar-refractivity contribution in [2.45, 2.75) is 45.3 Å². The van der Waals surface area contributed by atoms with Gasteiger partial charge >= 0.3 is 8.80 Å². The zero-order chi connectivity index (χ0) is 28.9. The fraction of sp³-hybridized carbons (Fsp3) is 0.212. The van der Waals surface area contributed by atoms with Crippen LogP contribution in [0, 0.1) is 0 Å². The molecule has 40 heavy (non-hydrogen) atoms. The lowest BCUT2D eigenvalue weighted by Crippen LogP contribution is -2.69. The quantitative estimate of drug-likeness (QED) is 0.169. The van der Waals surface area contributed by atoms with Crippen LogP contribution in [0.5, 0.6) is 0 Å². The van der Waals surface area contributed by atoms with Crippen LogP contribution in [-0.4, -0.2) is 33.8 Å². The Morgan fingerprint density at radius 2 is 0.900 bits per heavy atom. The maximum atomic E-state index is 7.48.